The molecule has 1 aromatic rings. The zero-order valence-electron chi connectivity index (χ0n) is 61.6. The molecule has 1 aromatic carbocycles. The highest BCUT2D eigenvalue weighted by Crippen LogP contribution is 2.16. The molecule has 2 rings (SSSR count). The van der Waals surface area contributed by atoms with Crippen LogP contribution in [0.5, 0.6) is 5.75 Å². The van der Waals surface area contributed by atoms with Gasteiger partial charge in [0, 0.05) is 6.42 Å². The van der Waals surface area contributed by atoms with Gasteiger partial charge < -0.3 is 121 Å². The molecule has 15 atom stereocenters. The van der Waals surface area contributed by atoms with Crippen LogP contribution in [-0.2, 0) is 83.1 Å². The number of carbonyl (C=O) groups is 16. The summed E-state index contributed by atoms with van der Waals surface area (Å²) in [5.74, 6) is -18.8. The Kier molecular flexibility index (Phi) is 40.3. The van der Waals surface area contributed by atoms with Crippen molar-refractivity contribution in [2.75, 3.05) is 39.4 Å². The normalized spacial score (nSPS) is 16.7. The Morgan fingerprint density at radius 3 is 1.35 bits per heavy atom. The SMILES string of the molecule is CC(C)C[C@H](NC(=O)[C@H](CCCCN)NC(=O)CNC(=O)[C@H](CC(=O)O)NC(=O)[C@@H]1CCCN1)C(=O)N[C@@H](Cc1ccc(O)cc1)C(=O)N[C@@H](CC(C)C)C(=O)N[C@@H](CO)C(=O)N[C@H](C(=O)N[C@@H](C)C(=O)NCC(=O)N[C@H](C(=O)N[C@@H](CO)C(=O)N[C@H](C(=O)N[C@H](C(=O)O)[C@@H](C)O)[C@@H](C)O)C(C)C)C(C)C. The Hall–Kier alpha value is -9.70. The standard InChI is InChI=1S/C67H110N16O23/c1-31(2)23-42(74-58(96)41(15-12-13-21-68)73-48(89)27-71-56(94)45(26-50(91)92)77-57(95)40-16-14-22-69-40)59(97)76-44(25-38-17-19-39(88)20-18-38)61(99)75-43(24-32(3)4)60(98)78-46(29-84)62(100)81-52(34(7)8)64(102)72-35(9)55(93)70-28-49(90)80-51(33(5)6)65(103)79-47(30-85)63(101)82-53(36(10)86)66(104)83-54(37(11)87)67(105)106/h17-20,31-37,40-47,51-54,69,84-88H,12-16,21-30,68H2,1-11H3,(H,70,93)(H,71,94)(H,72,102)(H,73,89)(H,74,96)(H,75,99)(H,76,97)(H,77,95)(H,78,98)(H,79,103)(H,80,90)(H,81,100)(H,82,101)(H,83,104)(H,91,92)(H,105,106)/t35-,36+,37+,40-,41-,42-,43-,44-,45-,46-,47-,51-,52-,53-,54-/m0/s1. The Labute approximate surface area is 613 Å². The molecule has 0 saturated carbocycles. The molecule has 14 amide bonds. The second kappa shape index (κ2) is 46.3. The molecule has 0 aliphatic carbocycles. The number of nitrogens with two attached hydrogens (primary N) is 1. The van der Waals surface area contributed by atoms with Gasteiger partial charge in [0.2, 0.25) is 82.7 Å². The Balaban J connectivity index is 2.26. The molecule has 0 radical (unpaired) electrons. The Morgan fingerprint density at radius 2 is 0.887 bits per heavy atom. The summed E-state index contributed by atoms with van der Waals surface area (Å²) < 4.78 is 0. The van der Waals surface area contributed by atoms with Crippen molar-refractivity contribution in [3.05, 3.63) is 29.8 Å². The molecular weight excluding hydrogens is 1400 g/mol. The van der Waals surface area contributed by atoms with Gasteiger partial charge in [0.05, 0.1) is 51.0 Å². The van der Waals surface area contributed by atoms with E-state index in [4.69, 9.17) is 5.73 Å². The highest BCUT2D eigenvalue weighted by Gasteiger charge is 2.39. The lowest BCUT2D eigenvalue weighted by Gasteiger charge is -2.29. The van der Waals surface area contributed by atoms with Crippen LogP contribution in [0, 0.1) is 23.7 Å². The number of phenols is 1. The summed E-state index contributed by atoms with van der Waals surface area (Å²) >= 11 is 0. The lowest BCUT2D eigenvalue weighted by Crippen LogP contribution is -2.62. The number of phenolic OH excluding ortho intramolecular Hbond substituents is 1. The zero-order chi connectivity index (χ0) is 80.4. The van der Waals surface area contributed by atoms with Crippen LogP contribution in [-0.4, -0.2) is 261 Å². The first-order valence-electron chi connectivity index (χ1n) is 35.1. The van der Waals surface area contributed by atoms with Gasteiger partial charge >= 0.3 is 11.9 Å². The van der Waals surface area contributed by atoms with Crippen molar-refractivity contribution in [1.82, 2.24) is 79.8 Å². The summed E-state index contributed by atoms with van der Waals surface area (Å²) in [6, 6.07) is -13.9. The van der Waals surface area contributed by atoms with Gasteiger partial charge in [0.1, 0.15) is 72.2 Å². The average molecular weight is 1510 g/mol. The monoisotopic (exact) mass is 1510 g/mol. The lowest BCUT2D eigenvalue weighted by molar-refractivity contribution is -0.146. The van der Waals surface area contributed by atoms with Gasteiger partial charge in [-0.25, -0.2) is 4.79 Å². The number of benzene rings is 1. The largest absolute Gasteiger partial charge is 0.508 e. The van der Waals surface area contributed by atoms with Gasteiger partial charge in [0.25, 0.3) is 0 Å². The van der Waals surface area contributed by atoms with E-state index in [9.17, 15) is 112 Å². The van der Waals surface area contributed by atoms with E-state index in [1.807, 2.05) is 5.32 Å². The maximum absolute atomic E-state index is 14.6. The summed E-state index contributed by atoms with van der Waals surface area (Å²) in [7, 11) is 0. The maximum Gasteiger partial charge on any atom is 0.328 e. The number of rotatable bonds is 47. The van der Waals surface area contributed by atoms with Crippen molar-refractivity contribution in [3.63, 3.8) is 0 Å². The number of unbranched alkanes of at least 4 members (excludes halogenated alkanes) is 1. The van der Waals surface area contributed by atoms with Crippen LogP contribution >= 0.6 is 0 Å². The second-order valence-corrected chi connectivity index (χ2v) is 27.5. The van der Waals surface area contributed by atoms with Crippen molar-refractivity contribution < 1.29 is 112 Å². The molecular formula is C67H110N16O23. The molecule has 0 bridgehead atoms. The van der Waals surface area contributed by atoms with E-state index in [2.05, 4.69) is 74.4 Å². The topological polar surface area (TPSA) is 621 Å². The van der Waals surface area contributed by atoms with E-state index in [1.54, 1.807) is 27.7 Å². The molecule has 0 unspecified atom stereocenters. The predicted octanol–water partition coefficient (Wildman–Crippen LogP) is -7.40. The van der Waals surface area contributed by atoms with Gasteiger partial charge in [-0.3, -0.25) is 71.9 Å². The van der Waals surface area contributed by atoms with Crippen molar-refractivity contribution in [2.45, 2.75) is 225 Å². The van der Waals surface area contributed by atoms with Crippen LogP contribution in [0.1, 0.15) is 133 Å². The van der Waals surface area contributed by atoms with Crippen molar-refractivity contribution in [3.8, 4) is 5.75 Å². The summed E-state index contributed by atoms with van der Waals surface area (Å²) in [6.45, 7) is 13.4. The molecule has 596 valence electrons. The van der Waals surface area contributed by atoms with Crippen LogP contribution in [0.25, 0.3) is 0 Å². The van der Waals surface area contributed by atoms with Gasteiger partial charge in [-0.1, -0.05) is 67.5 Å². The molecule has 1 aliphatic rings. The summed E-state index contributed by atoms with van der Waals surface area (Å²) in [5, 5.41) is 106. The third kappa shape index (κ3) is 32.8. The molecule has 1 heterocycles. The van der Waals surface area contributed by atoms with Gasteiger partial charge in [0.15, 0.2) is 6.04 Å². The zero-order valence-corrected chi connectivity index (χ0v) is 61.6. The van der Waals surface area contributed by atoms with Crippen LogP contribution < -0.4 is 85.5 Å². The number of carbonyl (C=O) groups excluding carboxylic acids is 14. The highest BCUT2D eigenvalue weighted by atomic mass is 16.4. The fraction of sp³-hybridized carbons (Fsp3) is 0.672. The van der Waals surface area contributed by atoms with Crippen molar-refractivity contribution in [1.29, 1.82) is 0 Å². The number of aliphatic carboxylic acids is 2. The minimum Gasteiger partial charge on any atom is -0.508 e. The first-order chi connectivity index (χ1) is 49.6. The van der Waals surface area contributed by atoms with Crippen LogP contribution in [0.15, 0.2) is 24.3 Å². The molecule has 106 heavy (non-hydrogen) atoms. The van der Waals surface area contributed by atoms with Crippen LogP contribution in [0.2, 0.25) is 0 Å². The second-order valence-electron chi connectivity index (χ2n) is 27.5. The number of carboxylic acid groups (broad SMARTS) is 2. The Morgan fingerprint density at radius 1 is 0.462 bits per heavy atom. The van der Waals surface area contributed by atoms with Crippen LogP contribution in [0.4, 0.5) is 0 Å². The third-order valence-electron chi connectivity index (χ3n) is 16.5. The Bertz CT molecular complexity index is 3170. The first kappa shape index (κ1) is 92.4. The quantitative estimate of drug-likeness (QED) is 0.0270. The van der Waals surface area contributed by atoms with Crippen LogP contribution in [0.3, 0.4) is 0 Å². The van der Waals surface area contributed by atoms with Crippen molar-refractivity contribution in [2.24, 2.45) is 29.4 Å². The van der Waals surface area contributed by atoms with E-state index >= 15 is 0 Å². The minimum absolute atomic E-state index is 0.00859. The molecule has 1 fully saturated rings. The summed E-state index contributed by atoms with van der Waals surface area (Å²) in [6.07, 6.45) is -2.59. The summed E-state index contributed by atoms with van der Waals surface area (Å²) in [4.78, 5) is 213. The van der Waals surface area contributed by atoms with Gasteiger partial charge in [-0.2, -0.15) is 0 Å². The van der Waals surface area contributed by atoms with E-state index in [-0.39, 0.29) is 49.8 Å². The smallest absolute Gasteiger partial charge is 0.328 e. The summed E-state index contributed by atoms with van der Waals surface area (Å²) in [5.41, 5.74) is 6.13. The number of hydrogen-bond donors (Lipinski definition) is 23. The minimum atomic E-state index is -1.84. The maximum atomic E-state index is 14.6. The molecule has 0 spiro atoms. The average Bonchev–Trinajstić information content (AvgIpc) is 1.06. The third-order valence-corrected chi connectivity index (χ3v) is 16.5. The van der Waals surface area contributed by atoms with Gasteiger partial charge in [-0.05, 0) is 120 Å². The fourth-order valence-electron chi connectivity index (χ4n) is 10.6. The molecule has 1 saturated heterocycles. The first-order valence-corrected chi connectivity index (χ1v) is 35.1. The molecule has 1 aliphatic heterocycles. The number of amides is 14. The molecule has 24 N–H and O–H groups in total. The molecule has 39 nitrogen and oxygen atoms in total. The predicted molar refractivity (Wildman–Crippen MR) is 377 cm³/mol. The van der Waals surface area contributed by atoms with Gasteiger partial charge in [-0.15, -0.1) is 0 Å². The number of aromatic hydroxyl groups is 1. The van der Waals surface area contributed by atoms with E-state index in [0.717, 1.165) is 13.8 Å². The lowest BCUT2D eigenvalue weighted by atomic mass is 9.99. The van der Waals surface area contributed by atoms with E-state index in [0.29, 0.717) is 37.8 Å². The highest BCUT2D eigenvalue weighted by molar-refractivity contribution is 6.00. The number of carboxylic acids is 2. The molecule has 0 aromatic heterocycles. The number of nitrogens with one attached hydrogen (secondary N) is 15. The number of hydrogen-bond acceptors (Lipinski definition) is 23. The number of aliphatic hydroxyl groups excluding tert-OH is 4. The number of aliphatic hydroxyl groups is 4. The fourth-order valence-corrected chi connectivity index (χ4v) is 10.6. The van der Waals surface area contributed by atoms with Crippen molar-refractivity contribution >= 4 is 94.6 Å². The van der Waals surface area contributed by atoms with E-state index < -0.39 is 230 Å². The van der Waals surface area contributed by atoms with E-state index in [1.165, 1.54) is 58.9 Å². The molecule has 39 heteroatoms.